The first-order valence-electron chi connectivity index (χ1n) is 9.31. The van der Waals surface area contributed by atoms with Crippen LogP contribution >= 0.6 is 11.3 Å². The van der Waals surface area contributed by atoms with E-state index >= 15 is 0 Å². The molecule has 3 rings (SSSR count). The van der Waals surface area contributed by atoms with Gasteiger partial charge in [0.15, 0.2) is 0 Å². The van der Waals surface area contributed by atoms with E-state index in [0.717, 1.165) is 32.2 Å². The summed E-state index contributed by atoms with van der Waals surface area (Å²) in [5, 5.41) is 3.91. The molecule has 8 heteroatoms. The van der Waals surface area contributed by atoms with Crippen LogP contribution < -0.4 is 5.32 Å². The smallest absolute Gasteiger partial charge is 0.264 e. The maximum absolute atomic E-state index is 13.1. The summed E-state index contributed by atoms with van der Waals surface area (Å²) in [6.45, 7) is 12.8. The molecule has 1 fully saturated rings. The number of amides is 2. The summed E-state index contributed by atoms with van der Waals surface area (Å²) in [5.74, 6) is 0.821. The second kappa shape index (κ2) is 7.90. The van der Waals surface area contributed by atoms with Gasteiger partial charge in [-0.2, -0.15) is 0 Å². The number of nitrogens with zero attached hydrogens (tertiary/aromatic N) is 4. The zero-order valence-electron chi connectivity index (χ0n) is 16.6. The highest BCUT2D eigenvalue weighted by Gasteiger charge is 2.27. The van der Waals surface area contributed by atoms with Crippen molar-refractivity contribution < 1.29 is 9.59 Å². The Kier molecular flexibility index (Phi) is 5.76. The predicted octanol–water partition coefficient (Wildman–Crippen LogP) is 1.90. The lowest BCUT2D eigenvalue weighted by Crippen LogP contribution is -2.51. The second-order valence-corrected chi connectivity index (χ2v) is 8.38. The van der Waals surface area contributed by atoms with E-state index in [9.17, 15) is 9.59 Å². The molecule has 0 radical (unpaired) electrons. The van der Waals surface area contributed by atoms with Crippen molar-refractivity contribution in [2.24, 2.45) is 0 Å². The highest BCUT2D eigenvalue weighted by atomic mass is 32.1. The zero-order valence-corrected chi connectivity index (χ0v) is 17.4. The van der Waals surface area contributed by atoms with Gasteiger partial charge in [-0.15, -0.1) is 11.3 Å². The molecule has 1 saturated heterocycles. The third-order valence-electron chi connectivity index (χ3n) is 4.75. The van der Waals surface area contributed by atoms with E-state index in [1.165, 1.54) is 11.3 Å². The van der Waals surface area contributed by atoms with Crippen LogP contribution in [0.2, 0.25) is 0 Å². The van der Waals surface area contributed by atoms with E-state index in [1.54, 1.807) is 0 Å². The number of fused-ring (bicyclic) bond motifs is 1. The minimum atomic E-state index is 0.0366. The lowest BCUT2D eigenvalue weighted by atomic mass is 10.1. The molecule has 0 unspecified atom stereocenters. The Bertz CT molecular complexity index is 869. The van der Waals surface area contributed by atoms with E-state index in [4.69, 9.17) is 0 Å². The van der Waals surface area contributed by atoms with Crippen LogP contribution in [0.4, 0.5) is 0 Å². The Balaban J connectivity index is 1.68. The highest BCUT2D eigenvalue weighted by molar-refractivity contribution is 7.20. The zero-order chi connectivity index (χ0) is 19.7. The number of piperazine rings is 1. The number of thiophene rings is 1. The molecular weight excluding hydrogens is 362 g/mol. The first-order valence-corrected chi connectivity index (χ1v) is 10.1. The van der Waals surface area contributed by atoms with Gasteiger partial charge in [-0.25, -0.2) is 9.97 Å². The molecule has 3 heterocycles. The lowest BCUT2D eigenvalue weighted by Gasteiger charge is -2.34. The molecule has 0 atom stereocenters. The summed E-state index contributed by atoms with van der Waals surface area (Å²) in [5.41, 5.74) is 1.89. The third kappa shape index (κ3) is 4.27. The lowest BCUT2D eigenvalue weighted by molar-refractivity contribution is -0.123. The van der Waals surface area contributed by atoms with Crippen molar-refractivity contribution in [3.05, 3.63) is 22.0 Å². The number of rotatable bonds is 4. The van der Waals surface area contributed by atoms with Gasteiger partial charge in [0.25, 0.3) is 5.91 Å². The van der Waals surface area contributed by atoms with Crippen molar-refractivity contribution in [2.45, 2.75) is 40.7 Å². The minimum Gasteiger partial charge on any atom is -0.353 e. The monoisotopic (exact) mass is 389 g/mol. The number of nitrogens with one attached hydrogen (secondary N) is 1. The van der Waals surface area contributed by atoms with Crippen LogP contribution in [-0.2, 0) is 4.79 Å². The standard InChI is InChI=1S/C19H27N5O2S/c1-11(2)20-15(25)10-23-6-8-24(9-7-23)19(26)17-12(3)16-13(4)21-14(5)22-18(16)27-17/h11H,6-10H2,1-5H3,(H,20,25). The van der Waals surface area contributed by atoms with Crippen molar-refractivity contribution in [3.8, 4) is 0 Å². The number of hydrogen-bond donors (Lipinski definition) is 1. The first kappa shape index (κ1) is 19.7. The predicted molar refractivity (Wildman–Crippen MR) is 107 cm³/mol. The van der Waals surface area contributed by atoms with Crippen molar-refractivity contribution in [2.75, 3.05) is 32.7 Å². The maximum atomic E-state index is 13.1. The normalized spacial score (nSPS) is 15.6. The van der Waals surface area contributed by atoms with Crippen molar-refractivity contribution in [1.29, 1.82) is 0 Å². The van der Waals surface area contributed by atoms with Crippen molar-refractivity contribution >= 4 is 33.4 Å². The molecule has 1 N–H and O–H groups in total. The maximum Gasteiger partial charge on any atom is 0.264 e. The van der Waals surface area contributed by atoms with Gasteiger partial charge in [-0.05, 0) is 40.2 Å². The summed E-state index contributed by atoms with van der Waals surface area (Å²) < 4.78 is 0. The number of hydrogen-bond acceptors (Lipinski definition) is 6. The molecule has 7 nitrogen and oxygen atoms in total. The number of aryl methyl sites for hydroxylation is 3. The molecule has 1 aliphatic rings. The minimum absolute atomic E-state index is 0.0366. The quantitative estimate of drug-likeness (QED) is 0.864. The SMILES string of the molecule is Cc1nc(C)c2c(C)c(C(=O)N3CCN(CC(=O)NC(C)C)CC3)sc2n1. The van der Waals surface area contributed by atoms with Crippen LogP contribution in [0.3, 0.4) is 0 Å². The summed E-state index contributed by atoms with van der Waals surface area (Å²) in [7, 11) is 0. The molecule has 0 aromatic carbocycles. The average Bonchev–Trinajstić information content (AvgIpc) is 2.90. The van der Waals surface area contributed by atoms with E-state index in [-0.39, 0.29) is 17.9 Å². The molecule has 2 amide bonds. The summed E-state index contributed by atoms with van der Waals surface area (Å²) >= 11 is 1.45. The van der Waals surface area contributed by atoms with Gasteiger partial charge in [0.2, 0.25) is 5.91 Å². The molecule has 0 aliphatic carbocycles. The van der Waals surface area contributed by atoms with Gasteiger partial charge in [0.05, 0.1) is 11.4 Å². The summed E-state index contributed by atoms with van der Waals surface area (Å²) in [6, 6.07) is 0.145. The third-order valence-corrected chi connectivity index (χ3v) is 5.93. The number of carbonyl (C=O) groups is 2. The Labute approximate surface area is 163 Å². The van der Waals surface area contributed by atoms with Crippen LogP contribution in [0.5, 0.6) is 0 Å². The molecule has 27 heavy (non-hydrogen) atoms. The fourth-order valence-corrected chi connectivity index (χ4v) is 4.75. The first-order chi connectivity index (χ1) is 12.8. The van der Waals surface area contributed by atoms with Crippen LogP contribution in [0.15, 0.2) is 0 Å². The fraction of sp³-hybridized carbons (Fsp3) is 0.579. The fourth-order valence-electron chi connectivity index (χ4n) is 3.50. The molecule has 0 bridgehead atoms. The Morgan fingerprint density at radius 2 is 1.78 bits per heavy atom. The van der Waals surface area contributed by atoms with Crippen molar-refractivity contribution in [3.63, 3.8) is 0 Å². The average molecular weight is 390 g/mol. The molecule has 2 aromatic heterocycles. The van der Waals surface area contributed by atoms with E-state index in [1.807, 2.05) is 39.5 Å². The van der Waals surface area contributed by atoms with Crippen LogP contribution in [0.1, 0.15) is 40.6 Å². The van der Waals surface area contributed by atoms with Crippen LogP contribution in [0.25, 0.3) is 10.2 Å². The second-order valence-electron chi connectivity index (χ2n) is 7.38. The molecule has 146 valence electrons. The Hall–Kier alpha value is -2.06. The number of aromatic nitrogens is 2. The molecule has 0 spiro atoms. The van der Waals surface area contributed by atoms with Gasteiger partial charge in [0.1, 0.15) is 10.7 Å². The molecule has 0 saturated carbocycles. The molecule has 1 aliphatic heterocycles. The number of carbonyl (C=O) groups excluding carboxylic acids is 2. The van der Waals surface area contributed by atoms with Gasteiger partial charge in [0, 0.05) is 43.3 Å². The molecule has 2 aromatic rings. The highest BCUT2D eigenvalue weighted by Crippen LogP contribution is 2.32. The van der Waals surface area contributed by atoms with Crippen molar-refractivity contribution in [1.82, 2.24) is 25.1 Å². The van der Waals surface area contributed by atoms with Gasteiger partial charge < -0.3 is 10.2 Å². The Morgan fingerprint density at radius 3 is 2.41 bits per heavy atom. The molecular formula is C19H27N5O2S. The van der Waals surface area contributed by atoms with Gasteiger partial charge >= 0.3 is 0 Å². The van der Waals surface area contributed by atoms with Gasteiger partial charge in [-0.1, -0.05) is 0 Å². The van der Waals surface area contributed by atoms with Crippen LogP contribution in [-0.4, -0.2) is 70.3 Å². The summed E-state index contributed by atoms with van der Waals surface area (Å²) in [4.78, 5) is 39.5. The van der Waals surface area contributed by atoms with E-state index in [0.29, 0.717) is 32.7 Å². The van der Waals surface area contributed by atoms with E-state index in [2.05, 4.69) is 20.2 Å². The van der Waals surface area contributed by atoms with Gasteiger partial charge in [-0.3, -0.25) is 14.5 Å². The topological polar surface area (TPSA) is 78.4 Å². The summed E-state index contributed by atoms with van der Waals surface area (Å²) in [6.07, 6.45) is 0. The largest absolute Gasteiger partial charge is 0.353 e. The van der Waals surface area contributed by atoms with Crippen LogP contribution in [0, 0.1) is 20.8 Å². The Morgan fingerprint density at radius 1 is 1.11 bits per heavy atom. The van der Waals surface area contributed by atoms with E-state index < -0.39 is 0 Å².